The van der Waals surface area contributed by atoms with Gasteiger partial charge < -0.3 is 14.2 Å². The van der Waals surface area contributed by atoms with E-state index in [2.05, 4.69) is 10.3 Å². The van der Waals surface area contributed by atoms with Crippen LogP contribution in [0.5, 0.6) is 0 Å². The molecule has 0 radical (unpaired) electrons. The number of halogens is 1. The van der Waals surface area contributed by atoms with Crippen molar-refractivity contribution in [3.05, 3.63) is 47.0 Å². The van der Waals surface area contributed by atoms with E-state index in [0.29, 0.717) is 16.5 Å². The summed E-state index contributed by atoms with van der Waals surface area (Å²) in [5.74, 6) is 0.473. The van der Waals surface area contributed by atoms with Gasteiger partial charge in [0.15, 0.2) is 16.4 Å². The molecular weight excluding hydrogens is 414 g/mol. The molecule has 150 valence electrons. The Morgan fingerprint density at radius 2 is 1.97 bits per heavy atom. The van der Waals surface area contributed by atoms with Crippen LogP contribution in [0.15, 0.2) is 44.3 Å². The molecule has 4 aliphatic rings. The Hall–Kier alpha value is -2.32. The van der Waals surface area contributed by atoms with Gasteiger partial charge in [0.05, 0.1) is 10.7 Å². The van der Waals surface area contributed by atoms with Gasteiger partial charge in [-0.15, -0.1) is 0 Å². The molecular formula is C20H18ClN3O4S. The lowest BCUT2D eigenvalue weighted by molar-refractivity contribution is -0.0958. The second kappa shape index (κ2) is 5.43. The van der Waals surface area contributed by atoms with Gasteiger partial charge in [0.25, 0.3) is 5.91 Å². The zero-order valence-corrected chi connectivity index (χ0v) is 16.9. The van der Waals surface area contributed by atoms with Gasteiger partial charge in [0, 0.05) is 10.6 Å². The van der Waals surface area contributed by atoms with E-state index in [9.17, 15) is 9.00 Å². The van der Waals surface area contributed by atoms with E-state index in [0.717, 1.165) is 37.6 Å². The lowest BCUT2D eigenvalue weighted by Crippen LogP contribution is -2.76. The maximum Gasteiger partial charge on any atom is 0.287 e. The van der Waals surface area contributed by atoms with Crippen molar-refractivity contribution < 1.29 is 17.8 Å². The topological polar surface area (TPSA) is 109 Å². The van der Waals surface area contributed by atoms with Gasteiger partial charge in [0.2, 0.25) is 5.89 Å². The fourth-order valence-corrected chi connectivity index (χ4v) is 6.53. The number of nitrogens with one attached hydrogen (secondary N) is 2. The van der Waals surface area contributed by atoms with Crippen LogP contribution >= 0.6 is 11.6 Å². The molecule has 1 unspecified atom stereocenters. The largest absolute Gasteiger partial charge is 0.441 e. The summed E-state index contributed by atoms with van der Waals surface area (Å²) in [5.41, 5.74) is 1.05. The highest BCUT2D eigenvalue weighted by molar-refractivity contribution is 7.93. The number of benzene rings is 1. The van der Waals surface area contributed by atoms with Crippen LogP contribution in [0.3, 0.4) is 0 Å². The van der Waals surface area contributed by atoms with E-state index in [-0.39, 0.29) is 33.0 Å². The van der Waals surface area contributed by atoms with Crippen LogP contribution in [0.2, 0.25) is 5.02 Å². The smallest absolute Gasteiger partial charge is 0.287 e. The van der Waals surface area contributed by atoms with Crippen LogP contribution in [-0.4, -0.2) is 25.9 Å². The van der Waals surface area contributed by atoms with Crippen LogP contribution in [-0.2, 0) is 15.1 Å². The van der Waals surface area contributed by atoms with Crippen LogP contribution < -0.4 is 5.32 Å². The van der Waals surface area contributed by atoms with E-state index in [4.69, 9.17) is 25.2 Å². The number of carbonyl (C=O) groups excluding carboxylic acids is 1. The van der Waals surface area contributed by atoms with Crippen molar-refractivity contribution in [2.24, 2.45) is 0 Å². The Labute approximate surface area is 171 Å². The van der Waals surface area contributed by atoms with Gasteiger partial charge in [0.1, 0.15) is 15.2 Å². The first-order chi connectivity index (χ1) is 13.8. The van der Waals surface area contributed by atoms with E-state index in [1.54, 1.807) is 12.1 Å². The Bertz CT molecular complexity index is 1270. The monoisotopic (exact) mass is 431 g/mol. The van der Waals surface area contributed by atoms with Gasteiger partial charge in [-0.1, -0.05) is 11.6 Å². The van der Waals surface area contributed by atoms with Crippen molar-refractivity contribution in [3.8, 4) is 0 Å². The molecule has 29 heavy (non-hydrogen) atoms. The van der Waals surface area contributed by atoms with Gasteiger partial charge >= 0.3 is 0 Å². The molecule has 0 saturated heterocycles. The Morgan fingerprint density at radius 3 is 2.69 bits per heavy atom. The molecule has 7 rings (SSSR count). The van der Waals surface area contributed by atoms with E-state index >= 15 is 0 Å². The summed E-state index contributed by atoms with van der Waals surface area (Å²) in [5, 5.41) is 3.62. The summed E-state index contributed by atoms with van der Waals surface area (Å²) >= 11 is 6.02. The highest BCUT2D eigenvalue weighted by atomic mass is 35.5. The number of rotatable bonds is 5. The molecule has 4 fully saturated rings. The molecule has 1 atom stereocenters. The van der Waals surface area contributed by atoms with Crippen LogP contribution in [0.1, 0.15) is 48.5 Å². The van der Waals surface area contributed by atoms with Gasteiger partial charge in [-0.05, 0) is 62.4 Å². The third-order valence-electron chi connectivity index (χ3n) is 6.31. The molecule has 4 aliphatic carbocycles. The molecule has 4 saturated carbocycles. The summed E-state index contributed by atoms with van der Waals surface area (Å²) < 4.78 is 31.9. The minimum atomic E-state index is -2.94. The third kappa shape index (κ3) is 2.51. The molecule has 1 amide bonds. The summed E-state index contributed by atoms with van der Waals surface area (Å²) in [4.78, 5) is 17.2. The molecule has 3 aromatic rings. The first kappa shape index (κ1) is 17.5. The van der Waals surface area contributed by atoms with E-state index < -0.39 is 9.73 Å². The van der Waals surface area contributed by atoms with Gasteiger partial charge in [-0.25, -0.2) is 14.0 Å². The van der Waals surface area contributed by atoms with Gasteiger partial charge in [-0.2, -0.15) is 0 Å². The standard InChI is InChI=1S/C20H18ClN3O4S/c21-11-1-4-14-13(7-11)23-18(28-14)19-8-20(9-19,10-19)24-17(25)15-5-6-16(27-15)29(22,26)12-2-3-12/h1,4-7,12,22H,2-3,8-10H2,(H,24,25). The lowest BCUT2D eigenvalue weighted by atomic mass is 9.39. The number of carbonyl (C=O) groups is 1. The van der Waals surface area contributed by atoms with Crippen molar-refractivity contribution in [3.63, 3.8) is 0 Å². The first-order valence-electron chi connectivity index (χ1n) is 9.55. The summed E-state index contributed by atoms with van der Waals surface area (Å²) in [7, 11) is -2.94. The number of furan rings is 1. The fourth-order valence-electron chi connectivity index (χ4n) is 4.75. The molecule has 2 bridgehead atoms. The molecule has 9 heteroatoms. The average molecular weight is 432 g/mol. The summed E-state index contributed by atoms with van der Waals surface area (Å²) in [6, 6.07) is 8.38. The second-order valence-electron chi connectivity index (χ2n) is 8.59. The SMILES string of the molecule is N=S(=O)(c1ccc(C(=O)NC23CC(c4nc5cc(Cl)ccc5o4)(C2)C3)o1)C1CC1. The molecule has 2 aromatic heterocycles. The predicted octanol–water partition coefficient (Wildman–Crippen LogP) is 4.25. The summed E-state index contributed by atoms with van der Waals surface area (Å²) in [6.07, 6.45) is 3.83. The van der Waals surface area contributed by atoms with Crippen molar-refractivity contribution in [2.45, 2.75) is 53.4 Å². The maximum atomic E-state index is 12.6. The minimum absolute atomic E-state index is 0.101. The second-order valence-corrected chi connectivity index (χ2v) is 11.3. The van der Waals surface area contributed by atoms with E-state index in [1.807, 2.05) is 6.07 Å². The number of hydrogen-bond donors (Lipinski definition) is 2. The van der Waals surface area contributed by atoms with Crippen molar-refractivity contribution in [1.29, 1.82) is 4.78 Å². The molecule has 7 nitrogen and oxygen atoms in total. The number of amides is 1. The normalized spacial score (nSPS) is 29.7. The zero-order chi connectivity index (χ0) is 20.0. The highest BCUT2D eigenvalue weighted by Crippen LogP contribution is 2.67. The summed E-state index contributed by atoms with van der Waals surface area (Å²) in [6.45, 7) is 0. The van der Waals surface area contributed by atoms with E-state index in [1.165, 1.54) is 12.1 Å². The first-order valence-corrected chi connectivity index (χ1v) is 11.6. The number of aromatic nitrogens is 1. The van der Waals surface area contributed by atoms with Crippen molar-refractivity contribution in [1.82, 2.24) is 10.3 Å². The maximum absolute atomic E-state index is 12.6. The van der Waals surface area contributed by atoms with Crippen LogP contribution in [0.25, 0.3) is 11.1 Å². The van der Waals surface area contributed by atoms with Gasteiger partial charge in [-0.3, -0.25) is 4.79 Å². The Balaban J connectivity index is 1.16. The number of hydrogen-bond acceptors (Lipinski definition) is 6. The predicted molar refractivity (Wildman–Crippen MR) is 106 cm³/mol. The van der Waals surface area contributed by atoms with Crippen molar-refractivity contribution >= 4 is 38.3 Å². The number of oxazole rings is 1. The van der Waals surface area contributed by atoms with Crippen LogP contribution in [0.4, 0.5) is 0 Å². The Morgan fingerprint density at radius 1 is 1.21 bits per heavy atom. The molecule has 1 aromatic carbocycles. The molecule has 0 aliphatic heterocycles. The Kier molecular flexibility index (Phi) is 3.28. The zero-order valence-electron chi connectivity index (χ0n) is 15.4. The third-order valence-corrected chi connectivity index (χ3v) is 8.77. The minimum Gasteiger partial charge on any atom is -0.441 e. The molecule has 0 spiro atoms. The quantitative estimate of drug-likeness (QED) is 0.627. The molecule has 2 heterocycles. The number of fused-ring (bicyclic) bond motifs is 1. The number of nitrogens with zero attached hydrogens (tertiary/aromatic N) is 1. The average Bonchev–Trinajstić information content (AvgIpc) is 3.21. The lowest BCUT2D eigenvalue weighted by Gasteiger charge is -2.68. The van der Waals surface area contributed by atoms with Crippen LogP contribution in [0, 0.1) is 4.78 Å². The fraction of sp³-hybridized carbons (Fsp3) is 0.400. The molecule has 2 N–H and O–H groups in total. The highest BCUT2D eigenvalue weighted by Gasteiger charge is 2.71. The van der Waals surface area contributed by atoms with Crippen molar-refractivity contribution in [2.75, 3.05) is 0 Å².